The maximum atomic E-state index is 14.2. The summed E-state index contributed by atoms with van der Waals surface area (Å²) in [6.07, 6.45) is -4.75. The number of nitrogens with zero attached hydrogens (tertiary/aromatic N) is 3. The van der Waals surface area contributed by atoms with Crippen LogP contribution in [0.25, 0.3) is 0 Å². The number of ether oxygens (including phenoxy) is 1. The van der Waals surface area contributed by atoms with Crippen molar-refractivity contribution >= 4 is 29.1 Å². The standard InChI is InChI=1S/C25H27Cl2F4N3O2/c1-32(12-16-2-4-19(22(28)10-16)25(29,30)31)23-14-34(24(35)15-33-6-8-36-9-7-33)13-18(23)17-3-5-20(26)21(27)11-17/h2-5,10-11,18,23H,6-9,12-15H2,1H3/t18-,23?/m1/s1. The molecule has 0 spiro atoms. The number of carbonyl (C=O) groups is 1. The monoisotopic (exact) mass is 547 g/mol. The molecule has 196 valence electrons. The molecule has 2 aliphatic rings. The van der Waals surface area contributed by atoms with Crippen LogP contribution in [0.15, 0.2) is 36.4 Å². The first-order valence-electron chi connectivity index (χ1n) is 11.6. The second-order valence-corrected chi connectivity index (χ2v) is 10.1. The Morgan fingerprint density at radius 3 is 2.44 bits per heavy atom. The van der Waals surface area contributed by atoms with Gasteiger partial charge in [-0.1, -0.05) is 35.3 Å². The van der Waals surface area contributed by atoms with Gasteiger partial charge in [-0.15, -0.1) is 0 Å². The van der Waals surface area contributed by atoms with Crippen molar-refractivity contribution in [3.63, 3.8) is 0 Å². The van der Waals surface area contributed by atoms with Crippen molar-refractivity contribution < 1.29 is 27.1 Å². The van der Waals surface area contributed by atoms with Gasteiger partial charge in [-0.3, -0.25) is 14.6 Å². The van der Waals surface area contributed by atoms with E-state index < -0.39 is 17.6 Å². The highest BCUT2D eigenvalue weighted by Gasteiger charge is 2.39. The van der Waals surface area contributed by atoms with Crippen LogP contribution in [-0.4, -0.2) is 79.6 Å². The molecule has 0 aromatic heterocycles. The van der Waals surface area contributed by atoms with Gasteiger partial charge < -0.3 is 9.64 Å². The van der Waals surface area contributed by atoms with Gasteiger partial charge in [-0.25, -0.2) is 4.39 Å². The Kier molecular flexibility index (Phi) is 8.46. The topological polar surface area (TPSA) is 36.0 Å². The number of alkyl halides is 3. The van der Waals surface area contributed by atoms with E-state index in [2.05, 4.69) is 4.90 Å². The highest BCUT2D eigenvalue weighted by Crippen LogP contribution is 2.36. The molecule has 5 nitrogen and oxygen atoms in total. The summed E-state index contributed by atoms with van der Waals surface area (Å²) in [5.41, 5.74) is 0.0267. The van der Waals surface area contributed by atoms with Gasteiger partial charge in [0.25, 0.3) is 0 Å². The van der Waals surface area contributed by atoms with Gasteiger partial charge in [0.05, 0.1) is 35.4 Å². The molecule has 11 heteroatoms. The molecule has 2 atom stereocenters. The molecule has 1 unspecified atom stereocenters. The second-order valence-electron chi connectivity index (χ2n) is 9.26. The van der Waals surface area contributed by atoms with Crippen molar-refractivity contribution in [3.05, 3.63) is 69.0 Å². The highest BCUT2D eigenvalue weighted by atomic mass is 35.5. The van der Waals surface area contributed by atoms with Crippen molar-refractivity contribution in [1.82, 2.24) is 14.7 Å². The molecule has 2 aromatic carbocycles. The average Bonchev–Trinajstić information content (AvgIpc) is 3.27. The largest absolute Gasteiger partial charge is 0.419 e. The summed E-state index contributed by atoms with van der Waals surface area (Å²) in [5.74, 6) is -1.42. The number of likely N-dealkylation sites (N-methyl/N-ethyl adjacent to an activating group) is 1. The first kappa shape index (κ1) is 27.1. The minimum absolute atomic E-state index is 0.00145. The molecule has 0 radical (unpaired) electrons. The van der Waals surface area contributed by atoms with E-state index in [0.29, 0.717) is 55.0 Å². The number of morpholine rings is 1. The van der Waals surface area contributed by atoms with Gasteiger partial charge in [-0.2, -0.15) is 13.2 Å². The van der Waals surface area contributed by atoms with Crippen LogP contribution in [0.3, 0.4) is 0 Å². The van der Waals surface area contributed by atoms with Crippen molar-refractivity contribution in [2.75, 3.05) is 53.0 Å². The lowest BCUT2D eigenvalue weighted by Gasteiger charge is -2.29. The van der Waals surface area contributed by atoms with E-state index in [0.717, 1.165) is 17.7 Å². The molecule has 2 fully saturated rings. The number of amides is 1. The van der Waals surface area contributed by atoms with E-state index in [1.165, 1.54) is 6.07 Å². The SMILES string of the molecule is CN(Cc1ccc(C(F)(F)F)c(F)c1)C1CN(C(=O)CN2CCOCC2)C[C@@H]1c1ccc(Cl)c(Cl)c1. The highest BCUT2D eigenvalue weighted by molar-refractivity contribution is 6.42. The zero-order chi connectivity index (χ0) is 26.0. The normalized spacial score (nSPS) is 21.4. The number of hydrogen-bond acceptors (Lipinski definition) is 4. The third-order valence-corrected chi connectivity index (χ3v) is 7.55. The Morgan fingerprint density at radius 2 is 1.81 bits per heavy atom. The Morgan fingerprint density at radius 1 is 1.08 bits per heavy atom. The van der Waals surface area contributed by atoms with Crippen molar-refractivity contribution in [2.45, 2.75) is 24.7 Å². The minimum Gasteiger partial charge on any atom is -0.379 e. The lowest BCUT2D eigenvalue weighted by molar-refractivity contribution is -0.140. The summed E-state index contributed by atoms with van der Waals surface area (Å²) in [4.78, 5) is 18.9. The van der Waals surface area contributed by atoms with Gasteiger partial charge in [0.15, 0.2) is 0 Å². The molecule has 0 N–H and O–H groups in total. The van der Waals surface area contributed by atoms with Crippen LogP contribution in [-0.2, 0) is 22.3 Å². The van der Waals surface area contributed by atoms with E-state index in [9.17, 15) is 22.4 Å². The number of carbonyl (C=O) groups excluding carboxylic acids is 1. The first-order valence-corrected chi connectivity index (χ1v) is 12.4. The molecule has 36 heavy (non-hydrogen) atoms. The number of hydrogen-bond donors (Lipinski definition) is 0. The number of benzene rings is 2. The minimum atomic E-state index is -4.75. The van der Waals surface area contributed by atoms with Crippen LogP contribution >= 0.6 is 23.2 Å². The lowest BCUT2D eigenvalue weighted by Crippen LogP contribution is -2.45. The van der Waals surface area contributed by atoms with Gasteiger partial charge in [0.2, 0.25) is 5.91 Å². The number of halogens is 6. The van der Waals surface area contributed by atoms with Crippen LogP contribution < -0.4 is 0 Å². The fraction of sp³-hybridized carbons (Fsp3) is 0.480. The maximum Gasteiger partial charge on any atom is 0.419 e. The molecular weight excluding hydrogens is 521 g/mol. The molecule has 1 amide bonds. The van der Waals surface area contributed by atoms with Crippen LogP contribution in [0.5, 0.6) is 0 Å². The van der Waals surface area contributed by atoms with Crippen LogP contribution in [0.4, 0.5) is 17.6 Å². The molecule has 0 aliphatic carbocycles. The molecule has 2 aliphatic heterocycles. The van der Waals surface area contributed by atoms with E-state index >= 15 is 0 Å². The Balaban J connectivity index is 1.53. The van der Waals surface area contributed by atoms with Gasteiger partial charge in [0, 0.05) is 44.7 Å². The molecule has 4 rings (SSSR count). The summed E-state index contributed by atoms with van der Waals surface area (Å²) >= 11 is 12.4. The lowest BCUT2D eigenvalue weighted by atomic mass is 9.93. The summed E-state index contributed by atoms with van der Waals surface area (Å²) < 4.78 is 58.4. The summed E-state index contributed by atoms with van der Waals surface area (Å²) in [6, 6.07) is 8.16. The molecule has 0 saturated carbocycles. The Labute approximate surface area is 217 Å². The zero-order valence-corrected chi connectivity index (χ0v) is 21.2. The van der Waals surface area contributed by atoms with Crippen molar-refractivity contribution in [2.24, 2.45) is 0 Å². The molecule has 0 bridgehead atoms. The zero-order valence-electron chi connectivity index (χ0n) is 19.7. The van der Waals surface area contributed by atoms with E-state index in [4.69, 9.17) is 27.9 Å². The van der Waals surface area contributed by atoms with Crippen molar-refractivity contribution in [3.8, 4) is 0 Å². The van der Waals surface area contributed by atoms with Crippen molar-refractivity contribution in [1.29, 1.82) is 0 Å². The summed E-state index contributed by atoms with van der Waals surface area (Å²) in [6.45, 7) is 3.95. The quantitative estimate of drug-likeness (QED) is 0.481. The molecule has 2 heterocycles. The molecule has 2 aromatic rings. The third-order valence-electron chi connectivity index (χ3n) is 6.81. The van der Waals surface area contributed by atoms with E-state index in [1.807, 2.05) is 18.0 Å². The molecule has 2 saturated heterocycles. The maximum absolute atomic E-state index is 14.2. The van der Waals surface area contributed by atoms with E-state index in [1.54, 1.807) is 17.0 Å². The Bertz CT molecular complexity index is 1100. The first-order chi connectivity index (χ1) is 17.0. The van der Waals surface area contributed by atoms with Crippen LogP contribution in [0.1, 0.15) is 22.6 Å². The fourth-order valence-electron chi connectivity index (χ4n) is 4.85. The van der Waals surface area contributed by atoms with Gasteiger partial charge in [0.1, 0.15) is 5.82 Å². The van der Waals surface area contributed by atoms with Crippen LogP contribution in [0.2, 0.25) is 10.0 Å². The smallest absolute Gasteiger partial charge is 0.379 e. The predicted octanol–water partition coefficient (Wildman–Crippen LogP) is 4.91. The second kappa shape index (κ2) is 11.2. The average molecular weight is 548 g/mol. The van der Waals surface area contributed by atoms with Gasteiger partial charge >= 0.3 is 6.18 Å². The van der Waals surface area contributed by atoms with E-state index in [-0.39, 0.29) is 31.0 Å². The summed E-state index contributed by atoms with van der Waals surface area (Å²) in [7, 11) is 1.82. The number of likely N-dealkylation sites (tertiary alicyclic amines) is 1. The van der Waals surface area contributed by atoms with Gasteiger partial charge in [-0.05, 0) is 42.4 Å². The fourth-order valence-corrected chi connectivity index (χ4v) is 5.16. The number of rotatable bonds is 6. The Hall–Kier alpha value is -1.91. The van der Waals surface area contributed by atoms with Crippen LogP contribution in [0, 0.1) is 5.82 Å². The summed E-state index contributed by atoms with van der Waals surface area (Å²) in [5, 5.41) is 0.822. The predicted molar refractivity (Wildman–Crippen MR) is 130 cm³/mol. The third kappa shape index (κ3) is 6.31. The molecular formula is C25H27Cl2F4N3O2.